The lowest BCUT2D eigenvalue weighted by Gasteiger charge is -2.23. The summed E-state index contributed by atoms with van der Waals surface area (Å²) in [5.74, 6) is -1.54. The van der Waals surface area contributed by atoms with Gasteiger partial charge in [0.1, 0.15) is 0 Å². The van der Waals surface area contributed by atoms with Crippen LogP contribution in [-0.4, -0.2) is 30.6 Å². The van der Waals surface area contributed by atoms with Gasteiger partial charge in [-0.3, -0.25) is 0 Å². The predicted octanol–water partition coefficient (Wildman–Crippen LogP) is -0.176. The summed E-state index contributed by atoms with van der Waals surface area (Å²) < 4.78 is 9.69. The number of carbonyl (C=O) groups excluding carboxylic acids is 1. The van der Waals surface area contributed by atoms with Crippen LogP contribution in [0.4, 0.5) is 0 Å². The Morgan fingerprint density at radius 1 is 1.82 bits per heavy atom. The molecule has 1 N–H and O–H groups in total. The first-order valence-electron chi connectivity index (χ1n) is 3.22. The average Bonchev–Trinajstić information content (AvgIpc) is 2.27. The van der Waals surface area contributed by atoms with Gasteiger partial charge in [-0.05, 0) is 0 Å². The molecule has 1 aliphatic heterocycles. The molecule has 4 heteroatoms. The monoisotopic (exact) mass is 158 g/mol. The highest BCUT2D eigenvalue weighted by molar-refractivity contribution is 5.86. The second-order valence-corrected chi connectivity index (χ2v) is 2.40. The molecule has 0 spiro atoms. The van der Waals surface area contributed by atoms with Gasteiger partial charge in [-0.25, -0.2) is 4.79 Å². The molecule has 0 saturated heterocycles. The zero-order valence-electron chi connectivity index (χ0n) is 6.46. The van der Waals surface area contributed by atoms with Crippen molar-refractivity contribution in [1.29, 1.82) is 0 Å². The van der Waals surface area contributed by atoms with Gasteiger partial charge in [-0.2, -0.15) is 0 Å². The number of ether oxygens (including phenoxy) is 2. The summed E-state index contributed by atoms with van der Waals surface area (Å²) in [6, 6.07) is 0. The molecule has 0 aromatic heterocycles. The molecule has 1 atom stereocenters. The van der Waals surface area contributed by atoms with E-state index in [1.165, 1.54) is 13.2 Å². The van der Waals surface area contributed by atoms with Crippen molar-refractivity contribution in [2.45, 2.75) is 12.7 Å². The summed E-state index contributed by atoms with van der Waals surface area (Å²) in [5.41, 5.74) is 0.449. The van der Waals surface area contributed by atoms with E-state index in [2.05, 4.69) is 0 Å². The zero-order chi connectivity index (χ0) is 8.48. The molecule has 0 radical (unpaired) electrons. The molecular weight excluding hydrogens is 148 g/mol. The van der Waals surface area contributed by atoms with Crippen LogP contribution in [0.3, 0.4) is 0 Å². The van der Waals surface area contributed by atoms with E-state index in [0.717, 1.165) is 0 Å². The molecule has 11 heavy (non-hydrogen) atoms. The van der Waals surface area contributed by atoms with Crippen LogP contribution in [0.15, 0.2) is 11.6 Å². The summed E-state index contributed by atoms with van der Waals surface area (Å²) in [7, 11) is 1.42. The Bertz CT molecular complexity index is 208. The Balaban J connectivity index is 2.86. The van der Waals surface area contributed by atoms with Crippen molar-refractivity contribution in [3.63, 3.8) is 0 Å². The van der Waals surface area contributed by atoms with E-state index in [-0.39, 0.29) is 6.61 Å². The maximum Gasteiger partial charge on any atom is 0.333 e. The molecule has 0 bridgehead atoms. The fourth-order valence-electron chi connectivity index (χ4n) is 0.922. The van der Waals surface area contributed by atoms with Gasteiger partial charge in [0.25, 0.3) is 0 Å². The van der Waals surface area contributed by atoms with Crippen molar-refractivity contribution in [2.24, 2.45) is 0 Å². The summed E-state index contributed by atoms with van der Waals surface area (Å²) in [5, 5.41) is 8.77. The van der Waals surface area contributed by atoms with E-state index in [9.17, 15) is 4.79 Å². The number of carbonyl (C=O) groups is 1. The third kappa shape index (κ3) is 1.27. The van der Waals surface area contributed by atoms with Gasteiger partial charge < -0.3 is 14.6 Å². The number of hydrogen-bond acceptors (Lipinski definition) is 4. The van der Waals surface area contributed by atoms with Crippen molar-refractivity contribution in [2.75, 3.05) is 13.7 Å². The Kier molecular flexibility index (Phi) is 1.97. The van der Waals surface area contributed by atoms with Crippen LogP contribution < -0.4 is 0 Å². The Labute approximate surface area is 64.4 Å². The van der Waals surface area contributed by atoms with Crippen molar-refractivity contribution in [1.82, 2.24) is 0 Å². The molecule has 0 aromatic rings. The van der Waals surface area contributed by atoms with Crippen LogP contribution in [0.1, 0.15) is 6.92 Å². The first-order valence-corrected chi connectivity index (χ1v) is 3.22. The molecule has 0 aliphatic carbocycles. The predicted molar refractivity (Wildman–Crippen MR) is 36.7 cm³/mol. The minimum absolute atomic E-state index is 0.226. The summed E-state index contributed by atoms with van der Waals surface area (Å²) >= 11 is 0. The molecule has 0 saturated carbocycles. The summed E-state index contributed by atoms with van der Waals surface area (Å²) in [6.07, 6.45) is 1.24. The van der Waals surface area contributed by atoms with E-state index < -0.39 is 11.8 Å². The van der Waals surface area contributed by atoms with E-state index >= 15 is 0 Å². The molecule has 1 unspecified atom stereocenters. The Hall–Kier alpha value is -0.870. The van der Waals surface area contributed by atoms with Gasteiger partial charge in [0.15, 0.2) is 0 Å². The standard InChI is InChI=1S/C7H10O4/c1-7(10-2)5(4-8)3-6(9)11-7/h3,8H,4H2,1-2H3. The van der Waals surface area contributed by atoms with E-state index in [1.54, 1.807) is 6.92 Å². The van der Waals surface area contributed by atoms with E-state index in [1.807, 2.05) is 0 Å². The Morgan fingerprint density at radius 3 is 2.82 bits per heavy atom. The third-order valence-corrected chi connectivity index (χ3v) is 1.73. The second-order valence-electron chi connectivity index (χ2n) is 2.40. The van der Waals surface area contributed by atoms with Crippen molar-refractivity contribution in [3.05, 3.63) is 11.6 Å². The molecule has 1 heterocycles. The third-order valence-electron chi connectivity index (χ3n) is 1.73. The number of aliphatic hydroxyl groups excluding tert-OH is 1. The number of methoxy groups -OCH3 is 1. The Morgan fingerprint density at radius 2 is 2.45 bits per heavy atom. The molecule has 1 rings (SSSR count). The van der Waals surface area contributed by atoms with Crippen LogP contribution in [0, 0.1) is 0 Å². The van der Waals surface area contributed by atoms with Gasteiger partial charge >= 0.3 is 5.97 Å². The van der Waals surface area contributed by atoms with Crippen molar-refractivity contribution in [3.8, 4) is 0 Å². The van der Waals surface area contributed by atoms with Crippen LogP contribution in [0.25, 0.3) is 0 Å². The average molecular weight is 158 g/mol. The smallest absolute Gasteiger partial charge is 0.333 e. The lowest BCUT2D eigenvalue weighted by atomic mass is 10.1. The minimum atomic E-state index is -1.06. The van der Waals surface area contributed by atoms with Gasteiger partial charge in [0, 0.05) is 25.7 Å². The van der Waals surface area contributed by atoms with Crippen LogP contribution in [0.5, 0.6) is 0 Å². The fraction of sp³-hybridized carbons (Fsp3) is 0.571. The molecule has 1 aliphatic rings. The van der Waals surface area contributed by atoms with Crippen LogP contribution in [0.2, 0.25) is 0 Å². The molecular formula is C7H10O4. The first kappa shape index (κ1) is 8.23. The lowest BCUT2D eigenvalue weighted by molar-refractivity contribution is -0.186. The SMILES string of the molecule is COC1(C)OC(=O)C=C1CO. The molecule has 4 nitrogen and oxygen atoms in total. The molecule has 0 amide bonds. The fourth-order valence-corrected chi connectivity index (χ4v) is 0.922. The summed E-state index contributed by atoms with van der Waals surface area (Å²) in [6.45, 7) is 1.36. The first-order chi connectivity index (χ1) is 5.12. The number of hydrogen-bond donors (Lipinski definition) is 1. The number of cyclic esters (lactones) is 1. The minimum Gasteiger partial charge on any atom is -0.426 e. The molecule has 0 fully saturated rings. The topological polar surface area (TPSA) is 55.8 Å². The number of rotatable bonds is 2. The normalized spacial score (nSPS) is 30.1. The van der Waals surface area contributed by atoms with Crippen LogP contribution >= 0.6 is 0 Å². The zero-order valence-corrected chi connectivity index (χ0v) is 6.46. The second kappa shape index (κ2) is 2.64. The van der Waals surface area contributed by atoms with Gasteiger partial charge in [0.2, 0.25) is 5.79 Å². The van der Waals surface area contributed by atoms with Crippen molar-refractivity contribution < 1.29 is 19.4 Å². The maximum absolute atomic E-state index is 10.7. The lowest BCUT2D eigenvalue weighted by Crippen LogP contribution is -2.31. The summed E-state index contributed by atoms with van der Waals surface area (Å²) in [4.78, 5) is 10.7. The maximum atomic E-state index is 10.7. The van der Waals surface area contributed by atoms with Gasteiger partial charge in [-0.1, -0.05) is 0 Å². The van der Waals surface area contributed by atoms with E-state index in [0.29, 0.717) is 5.57 Å². The highest BCUT2D eigenvalue weighted by Gasteiger charge is 2.38. The largest absolute Gasteiger partial charge is 0.426 e. The molecule has 62 valence electrons. The van der Waals surface area contributed by atoms with Crippen LogP contribution in [-0.2, 0) is 14.3 Å². The highest BCUT2D eigenvalue weighted by Crippen LogP contribution is 2.27. The molecule has 0 aromatic carbocycles. The number of esters is 1. The quantitative estimate of drug-likeness (QED) is 0.566. The van der Waals surface area contributed by atoms with Gasteiger partial charge in [0.05, 0.1) is 6.61 Å². The van der Waals surface area contributed by atoms with Gasteiger partial charge in [-0.15, -0.1) is 0 Å². The number of aliphatic hydroxyl groups is 1. The van der Waals surface area contributed by atoms with Crippen molar-refractivity contribution >= 4 is 5.97 Å². The highest BCUT2D eigenvalue weighted by atomic mass is 16.7. The van der Waals surface area contributed by atoms with E-state index in [4.69, 9.17) is 14.6 Å².